The predicted molar refractivity (Wildman–Crippen MR) is 79.3 cm³/mol. The first-order valence-corrected chi connectivity index (χ1v) is 6.89. The summed E-state index contributed by atoms with van der Waals surface area (Å²) in [5.74, 6) is 5.66. The maximum absolute atomic E-state index is 13.0. The average Bonchev–Trinajstić information content (AvgIpc) is 2.44. The Labute approximate surface area is 123 Å². The number of benzene rings is 2. The fourth-order valence-corrected chi connectivity index (χ4v) is 2.11. The fourth-order valence-electron chi connectivity index (χ4n) is 2.11. The van der Waals surface area contributed by atoms with Gasteiger partial charge in [0.15, 0.2) is 0 Å². The number of carbonyl (C=O) groups is 1. The number of amides is 1. The van der Waals surface area contributed by atoms with Crippen LogP contribution in [0.5, 0.6) is 0 Å². The van der Waals surface area contributed by atoms with E-state index < -0.39 is 0 Å². The van der Waals surface area contributed by atoms with Gasteiger partial charge in [-0.25, -0.2) is 4.39 Å². The standard InChI is InChI=1S/C18H14FNO/c19-17-4-1-3-15(13-17)6-5-14-7-9-16(10-8-14)18(21)20-11-2-12-20/h1,3-4,7-10,13H,2,11-12H2. The van der Waals surface area contributed by atoms with Crippen molar-refractivity contribution in [3.63, 3.8) is 0 Å². The van der Waals surface area contributed by atoms with E-state index >= 15 is 0 Å². The third-order valence-electron chi connectivity index (χ3n) is 3.45. The Morgan fingerprint density at radius 1 is 1.00 bits per heavy atom. The van der Waals surface area contributed by atoms with Gasteiger partial charge in [0.1, 0.15) is 5.82 Å². The lowest BCUT2D eigenvalue weighted by Crippen LogP contribution is -2.41. The minimum absolute atomic E-state index is 0.0749. The van der Waals surface area contributed by atoms with E-state index in [1.165, 1.54) is 12.1 Å². The summed E-state index contributed by atoms with van der Waals surface area (Å²) >= 11 is 0. The highest BCUT2D eigenvalue weighted by atomic mass is 19.1. The van der Waals surface area contributed by atoms with Crippen LogP contribution < -0.4 is 0 Å². The van der Waals surface area contributed by atoms with Crippen LogP contribution in [0.15, 0.2) is 48.5 Å². The highest BCUT2D eigenvalue weighted by Gasteiger charge is 2.20. The fraction of sp³-hybridized carbons (Fsp3) is 0.167. The molecule has 1 aliphatic rings. The van der Waals surface area contributed by atoms with Crippen molar-refractivity contribution < 1.29 is 9.18 Å². The first-order valence-electron chi connectivity index (χ1n) is 6.89. The minimum Gasteiger partial charge on any atom is -0.339 e. The second-order valence-electron chi connectivity index (χ2n) is 4.98. The Morgan fingerprint density at radius 2 is 1.71 bits per heavy atom. The molecule has 1 heterocycles. The molecule has 0 bridgehead atoms. The molecule has 21 heavy (non-hydrogen) atoms. The van der Waals surface area contributed by atoms with Crippen molar-refractivity contribution in [1.82, 2.24) is 4.90 Å². The molecule has 3 heteroatoms. The number of halogens is 1. The molecule has 2 nitrogen and oxygen atoms in total. The molecule has 0 aromatic heterocycles. The Balaban J connectivity index is 1.74. The molecule has 0 unspecified atom stereocenters. The van der Waals surface area contributed by atoms with Gasteiger partial charge in [-0.1, -0.05) is 17.9 Å². The summed E-state index contributed by atoms with van der Waals surface area (Å²) in [7, 11) is 0. The molecule has 104 valence electrons. The van der Waals surface area contributed by atoms with Gasteiger partial charge in [0, 0.05) is 29.8 Å². The maximum Gasteiger partial charge on any atom is 0.253 e. The van der Waals surface area contributed by atoms with E-state index in [2.05, 4.69) is 11.8 Å². The smallest absolute Gasteiger partial charge is 0.253 e. The molecule has 3 rings (SSSR count). The molecular formula is C18H14FNO. The van der Waals surface area contributed by atoms with Gasteiger partial charge in [0.25, 0.3) is 5.91 Å². The normalized spacial score (nSPS) is 13.1. The van der Waals surface area contributed by atoms with Crippen molar-refractivity contribution in [2.45, 2.75) is 6.42 Å². The van der Waals surface area contributed by atoms with Crippen LogP contribution in [0.3, 0.4) is 0 Å². The van der Waals surface area contributed by atoms with Gasteiger partial charge in [0.05, 0.1) is 0 Å². The van der Waals surface area contributed by atoms with Crippen LogP contribution in [0.1, 0.15) is 27.9 Å². The highest BCUT2D eigenvalue weighted by Crippen LogP contribution is 2.13. The molecular weight excluding hydrogens is 265 g/mol. The highest BCUT2D eigenvalue weighted by molar-refractivity contribution is 5.94. The van der Waals surface area contributed by atoms with E-state index in [9.17, 15) is 9.18 Å². The lowest BCUT2D eigenvalue weighted by molar-refractivity contribution is 0.0652. The minimum atomic E-state index is -0.294. The molecule has 0 aliphatic carbocycles. The van der Waals surface area contributed by atoms with Crippen molar-refractivity contribution in [3.8, 4) is 11.8 Å². The van der Waals surface area contributed by atoms with Crippen LogP contribution in [0, 0.1) is 17.7 Å². The average molecular weight is 279 g/mol. The van der Waals surface area contributed by atoms with Crippen LogP contribution in [-0.2, 0) is 0 Å². The summed E-state index contributed by atoms with van der Waals surface area (Å²) in [5.41, 5.74) is 2.13. The van der Waals surface area contributed by atoms with Gasteiger partial charge in [0.2, 0.25) is 0 Å². The van der Waals surface area contributed by atoms with Gasteiger partial charge in [-0.2, -0.15) is 0 Å². The van der Waals surface area contributed by atoms with Gasteiger partial charge in [-0.05, 0) is 48.9 Å². The number of carbonyl (C=O) groups excluding carboxylic acids is 1. The summed E-state index contributed by atoms with van der Waals surface area (Å²) in [6.45, 7) is 1.69. The second kappa shape index (κ2) is 5.80. The first kappa shape index (κ1) is 13.4. The van der Waals surface area contributed by atoms with Gasteiger partial charge >= 0.3 is 0 Å². The van der Waals surface area contributed by atoms with Crippen LogP contribution in [0.2, 0.25) is 0 Å². The van der Waals surface area contributed by atoms with Crippen LogP contribution in [-0.4, -0.2) is 23.9 Å². The van der Waals surface area contributed by atoms with Crippen molar-refractivity contribution in [2.75, 3.05) is 13.1 Å². The van der Waals surface area contributed by atoms with E-state index in [1.807, 2.05) is 17.0 Å². The van der Waals surface area contributed by atoms with Crippen molar-refractivity contribution in [2.24, 2.45) is 0 Å². The zero-order chi connectivity index (χ0) is 14.7. The van der Waals surface area contributed by atoms with E-state index in [1.54, 1.807) is 24.3 Å². The molecule has 2 aromatic rings. The molecule has 1 saturated heterocycles. The van der Waals surface area contributed by atoms with E-state index in [-0.39, 0.29) is 11.7 Å². The number of likely N-dealkylation sites (tertiary alicyclic amines) is 1. The molecule has 0 spiro atoms. The summed E-state index contributed by atoms with van der Waals surface area (Å²) < 4.78 is 13.0. The lowest BCUT2D eigenvalue weighted by atomic mass is 10.1. The van der Waals surface area contributed by atoms with Crippen molar-refractivity contribution in [3.05, 3.63) is 71.0 Å². The molecule has 1 aliphatic heterocycles. The van der Waals surface area contributed by atoms with Gasteiger partial charge in [-0.15, -0.1) is 0 Å². The van der Waals surface area contributed by atoms with Gasteiger partial charge in [-0.3, -0.25) is 4.79 Å². The summed E-state index contributed by atoms with van der Waals surface area (Å²) in [4.78, 5) is 13.8. The second-order valence-corrected chi connectivity index (χ2v) is 4.98. The number of rotatable bonds is 1. The number of hydrogen-bond acceptors (Lipinski definition) is 1. The molecule has 1 fully saturated rings. The summed E-state index contributed by atoms with van der Waals surface area (Å²) in [6, 6.07) is 13.4. The maximum atomic E-state index is 13.0. The Morgan fingerprint density at radius 3 is 2.33 bits per heavy atom. The van der Waals surface area contributed by atoms with Crippen LogP contribution in [0.4, 0.5) is 4.39 Å². The number of nitrogens with zero attached hydrogens (tertiary/aromatic N) is 1. The largest absolute Gasteiger partial charge is 0.339 e. The predicted octanol–water partition coefficient (Wildman–Crippen LogP) is 3.07. The molecule has 0 saturated carbocycles. The first-order chi connectivity index (χ1) is 10.2. The summed E-state index contributed by atoms with van der Waals surface area (Å²) in [6.07, 6.45) is 1.09. The molecule has 0 radical (unpaired) electrons. The van der Waals surface area contributed by atoms with Gasteiger partial charge < -0.3 is 4.90 Å². The van der Waals surface area contributed by atoms with Crippen LogP contribution in [0.25, 0.3) is 0 Å². The monoisotopic (exact) mass is 279 g/mol. The van der Waals surface area contributed by atoms with Crippen molar-refractivity contribution >= 4 is 5.91 Å². The Bertz CT molecular complexity index is 721. The summed E-state index contributed by atoms with van der Waals surface area (Å²) in [5, 5.41) is 0. The third-order valence-corrected chi connectivity index (χ3v) is 3.45. The third kappa shape index (κ3) is 3.11. The van der Waals surface area contributed by atoms with E-state index in [0.29, 0.717) is 11.1 Å². The van der Waals surface area contributed by atoms with E-state index in [4.69, 9.17) is 0 Å². The van der Waals surface area contributed by atoms with Crippen molar-refractivity contribution in [1.29, 1.82) is 0 Å². The van der Waals surface area contributed by atoms with Crippen LogP contribution >= 0.6 is 0 Å². The molecule has 0 atom stereocenters. The lowest BCUT2D eigenvalue weighted by Gasteiger charge is -2.30. The SMILES string of the molecule is O=C(c1ccc(C#Cc2cccc(F)c2)cc1)N1CCC1. The zero-order valence-corrected chi connectivity index (χ0v) is 11.5. The quantitative estimate of drug-likeness (QED) is 0.735. The Hall–Kier alpha value is -2.60. The molecule has 1 amide bonds. The molecule has 2 aromatic carbocycles. The topological polar surface area (TPSA) is 20.3 Å². The van der Waals surface area contributed by atoms with E-state index in [0.717, 1.165) is 25.1 Å². The Kier molecular flexibility index (Phi) is 3.70. The number of hydrogen-bond donors (Lipinski definition) is 0. The molecule has 0 N–H and O–H groups in total. The zero-order valence-electron chi connectivity index (χ0n) is 11.5.